The summed E-state index contributed by atoms with van der Waals surface area (Å²) in [5, 5.41) is 15.1. The maximum Gasteiger partial charge on any atom is 0.407 e. The average molecular weight is 814 g/mol. The molecule has 15 heteroatoms. The van der Waals surface area contributed by atoms with Crippen LogP contribution in [0.5, 0.6) is 0 Å². The van der Waals surface area contributed by atoms with Crippen LogP contribution in [0.4, 0.5) is 9.59 Å². The van der Waals surface area contributed by atoms with E-state index in [9.17, 15) is 24.4 Å². The van der Waals surface area contributed by atoms with E-state index in [0.29, 0.717) is 18.8 Å². The first-order valence-electron chi connectivity index (χ1n) is 20.3. The van der Waals surface area contributed by atoms with Gasteiger partial charge in [-0.2, -0.15) is 5.26 Å². The molecule has 7 rings (SSSR count). The highest BCUT2D eigenvalue weighted by Gasteiger charge is 2.55. The molecule has 312 valence electrons. The number of ether oxygens (including phenoxy) is 2. The predicted molar refractivity (Wildman–Crippen MR) is 221 cm³/mol. The summed E-state index contributed by atoms with van der Waals surface area (Å²) in [5.74, 6) is 6.69. The first kappa shape index (κ1) is 41.5. The number of nitriles is 1. The van der Waals surface area contributed by atoms with Crippen LogP contribution in [0.3, 0.4) is 0 Å². The number of benzene rings is 2. The number of H-pyrrole nitrogens is 2. The number of hydrogen-bond acceptors (Lipinski definition) is 9. The van der Waals surface area contributed by atoms with Crippen molar-refractivity contribution in [2.75, 3.05) is 27.3 Å². The largest absolute Gasteiger partial charge is 0.453 e. The normalized spacial score (nSPS) is 19.9. The van der Waals surface area contributed by atoms with Gasteiger partial charge in [0.1, 0.15) is 23.7 Å². The fourth-order valence-electron chi connectivity index (χ4n) is 8.18. The number of hydrogen-bond donors (Lipinski definition) is 4. The lowest BCUT2D eigenvalue weighted by Crippen LogP contribution is -2.51. The number of amides is 4. The zero-order chi connectivity index (χ0) is 42.7. The number of nitrogens with one attached hydrogen (secondary N) is 4. The van der Waals surface area contributed by atoms with Gasteiger partial charge in [0.05, 0.1) is 62.1 Å². The van der Waals surface area contributed by atoms with Crippen LogP contribution in [0.1, 0.15) is 88.2 Å². The minimum absolute atomic E-state index is 0.110. The van der Waals surface area contributed by atoms with Crippen molar-refractivity contribution < 1.29 is 28.7 Å². The van der Waals surface area contributed by atoms with E-state index in [0.717, 1.165) is 58.7 Å². The Morgan fingerprint density at radius 3 is 1.65 bits per heavy atom. The lowest BCUT2D eigenvalue weighted by molar-refractivity contribution is -0.136. The summed E-state index contributed by atoms with van der Waals surface area (Å²) >= 11 is 0. The second kappa shape index (κ2) is 17.3. The molecule has 15 nitrogen and oxygen atoms in total. The molecule has 0 bridgehead atoms. The third kappa shape index (κ3) is 8.86. The maximum absolute atomic E-state index is 13.8. The molecule has 3 fully saturated rings. The van der Waals surface area contributed by atoms with Crippen LogP contribution >= 0.6 is 0 Å². The Hall–Kier alpha value is -6.61. The Kier molecular flexibility index (Phi) is 12.0. The van der Waals surface area contributed by atoms with E-state index in [1.807, 2.05) is 81.1 Å². The number of aromatic amines is 2. The van der Waals surface area contributed by atoms with Crippen LogP contribution in [0.15, 0.2) is 60.9 Å². The third-order valence-electron chi connectivity index (χ3n) is 11.9. The number of alkyl carbamates (subject to hydrolysis) is 2. The standard InChI is InChI=1S/C45H51N9O6/c1-26(2)37(51-43(57)59-5)41(55)53-24-30(21-46)19-35(53)39-47-22-33(49-39)31-13-9-28(10-14-31)7-8-29-11-15-32(16-12-29)34-23-48-40(50-34)36-20-45(17-18-45)25-54(36)42(56)38(27(3)4)52-44(58)60-6/h9-16,22-23,26-27,30,35-38H,17-20,24-25H2,1-6H3,(H,47,49)(H,48,50)(H,51,57)(H,52,58)/t30-,35+,36+,37?,38+/m1/s1. The summed E-state index contributed by atoms with van der Waals surface area (Å²) in [6.07, 6.45) is 5.61. The van der Waals surface area contributed by atoms with Crippen molar-refractivity contribution in [1.29, 1.82) is 5.26 Å². The van der Waals surface area contributed by atoms with Gasteiger partial charge in [0.25, 0.3) is 0 Å². The zero-order valence-corrected chi connectivity index (χ0v) is 34.7. The van der Waals surface area contributed by atoms with Crippen molar-refractivity contribution in [3.05, 3.63) is 83.7 Å². The molecule has 0 radical (unpaired) electrons. The molecule has 3 aliphatic rings. The number of aromatic nitrogens is 4. The second-order valence-electron chi connectivity index (χ2n) is 16.7. The van der Waals surface area contributed by atoms with Crippen molar-refractivity contribution >= 4 is 24.0 Å². The number of nitrogens with zero attached hydrogens (tertiary/aromatic N) is 5. The molecule has 4 N–H and O–H groups in total. The molecule has 1 spiro atoms. The van der Waals surface area contributed by atoms with Crippen LogP contribution in [-0.2, 0) is 19.1 Å². The van der Waals surface area contributed by atoms with Gasteiger partial charge in [0.2, 0.25) is 11.8 Å². The van der Waals surface area contributed by atoms with Crippen molar-refractivity contribution in [2.24, 2.45) is 23.2 Å². The Morgan fingerprint density at radius 2 is 1.22 bits per heavy atom. The highest BCUT2D eigenvalue weighted by Crippen LogP contribution is 2.58. The molecule has 5 atom stereocenters. The number of likely N-dealkylation sites (tertiary alicyclic amines) is 2. The summed E-state index contributed by atoms with van der Waals surface area (Å²) in [6, 6.07) is 15.8. The number of carbonyl (C=O) groups is 4. The van der Waals surface area contributed by atoms with Crippen LogP contribution in [0.2, 0.25) is 0 Å². The van der Waals surface area contributed by atoms with E-state index in [1.54, 1.807) is 17.3 Å². The molecule has 4 amide bonds. The number of rotatable bonds is 10. The van der Waals surface area contributed by atoms with Gasteiger partial charge >= 0.3 is 12.2 Å². The van der Waals surface area contributed by atoms with E-state index < -0.39 is 30.3 Å². The highest BCUT2D eigenvalue weighted by atomic mass is 16.5. The van der Waals surface area contributed by atoms with Crippen molar-refractivity contribution in [2.45, 2.75) is 77.5 Å². The van der Waals surface area contributed by atoms with Gasteiger partial charge in [-0.1, -0.05) is 63.8 Å². The molecule has 60 heavy (non-hydrogen) atoms. The van der Waals surface area contributed by atoms with E-state index >= 15 is 0 Å². The first-order valence-corrected chi connectivity index (χ1v) is 20.3. The van der Waals surface area contributed by atoms with Gasteiger partial charge in [0.15, 0.2) is 0 Å². The minimum Gasteiger partial charge on any atom is -0.453 e. The SMILES string of the molecule is COC(=O)NC(C(=O)N1C[C@@H](C#N)C[C@H]1c1ncc(-c2ccc(C#Cc3ccc(-c4cnc([C@@H]5CC6(CC6)CN5C(=O)[C@@H](NC(=O)OC)C(C)C)[nH]4)cc3)cc2)[nH]1)C(C)C. The number of imidazole rings is 2. The fraction of sp³-hybridized carbons (Fsp3) is 0.444. The summed E-state index contributed by atoms with van der Waals surface area (Å²) in [7, 11) is 2.54. The molecule has 4 heterocycles. The van der Waals surface area contributed by atoms with Gasteiger partial charge in [-0.05, 0) is 78.3 Å². The summed E-state index contributed by atoms with van der Waals surface area (Å²) < 4.78 is 9.54. The molecule has 2 aromatic heterocycles. The lowest BCUT2D eigenvalue weighted by Gasteiger charge is -2.30. The molecule has 1 unspecified atom stereocenters. The molecule has 1 aliphatic carbocycles. The summed E-state index contributed by atoms with van der Waals surface area (Å²) in [4.78, 5) is 71.2. The second-order valence-corrected chi connectivity index (χ2v) is 16.7. The van der Waals surface area contributed by atoms with Gasteiger partial charge in [-0.25, -0.2) is 19.6 Å². The molecule has 2 saturated heterocycles. The quantitative estimate of drug-likeness (QED) is 0.137. The summed E-state index contributed by atoms with van der Waals surface area (Å²) in [6.45, 7) is 8.39. The Labute approximate surface area is 349 Å². The fourth-order valence-corrected chi connectivity index (χ4v) is 8.18. The number of carbonyl (C=O) groups excluding carboxylic acids is 4. The van der Waals surface area contributed by atoms with Crippen molar-refractivity contribution in [1.82, 2.24) is 40.4 Å². The van der Waals surface area contributed by atoms with Crippen LogP contribution in [0, 0.1) is 46.3 Å². The van der Waals surface area contributed by atoms with Gasteiger partial charge < -0.3 is 39.9 Å². The average Bonchev–Trinajstić information content (AvgIpc) is 3.75. The molecular weight excluding hydrogens is 763 g/mol. The van der Waals surface area contributed by atoms with E-state index in [2.05, 4.69) is 43.5 Å². The molecule has 4 aromatic rings. The Balaban J connectivity index is 1.00. The van der Waals surface area contributed by atoms with Crippen LogP contribution in [-0.4, -0.2) is 93.1 Å². The van der Waals surface area contributed by atoms with Crippen molar-refractivity contribution in [3.8, 4) is 40.4 Å². The zero-order valence-electron chi connectivity index (χ0n) is 34.7. The van der Waals surface area contributed by atoms with E-state index in [-0.39, 0.29) is 47.6 Å². The Bertz CT molecular complexity index is 2330. The monoisotopic (exact) mass is 813 g/mol. The number of methoxy groups -OCH3 is 2. The van der Waals surface area contributed by atoms with Crippen LogP contribution < -0.4 is 10.6 Å². The maximum atomic E-state index is 13.8. The van der Waals surface area contributed by atoms with E-state index in [1.165, 1.54) is 14.2 Å². The molecule has 2 aliphatic heterocycles. The first-order chi connectivity index (χ1) is 28.8. The van der Waals surface area contributed by atoms with Crippen molar-refractivity contribution in [3.63, 3.8) is 0 Å². The Morgan fingerprint density at radius 1 is 0.750 bits per heavy atom. The molecule has 2 aromatic carbocycles. The smallest absolute Gasteiger partial charge is 0.407 e. The molecular formula is C45H51N9O6. The van der Waals surface area contributed by atoms with Crippen LogP contribution in [0.25, 0.3) is 22.5 Å². The lowest BCUT2D eigenvalue weighted by atomic mass is 10.0. The minimum atomic E-state index is -0.811. The predicted octanol–water partition coefficient (Wildman–Crippen LogP) is 6.09. The summed E-state index contributed by atoms with van der Waals surface area (Å²) in [5.41, 5.74) is 5.21. The third-order valence-corrected chi connectivity index (χ3v) is 11.9. The van der Waals surface area contributed by atoms with Gasteiger partial charge in [-0.15, -0.1) is 0 Å². The van der Waals surface area contributed by atoms with Gasteiger partial charge in [0, 0.05) is 24.2 Å². The topological polar surface area (TPSA) is 198 Å². The molecule has 1 saturated carbocycles. The highest BCUT2D eigenvalue weighted by molar-refractivity contribution is 5.87. The van der Waals surface area contributed by atoms with E-state index in [4.69, 9.17) is 14.5 Å². The van der Waals surface area contributed by atoms with Gasteiger partial charge in [-0.3, -0.25) is 9.59 Å².